The molecule has 2 aromatic rings. The SMILES string of the molecule is N#CNC1=NC(c2ccccc2C2OCCCO2)c2c(nc(N)c(C#N)c2N)N1. The lowest BCUT2D eigenvalue weighted by Gasteiger charge is -2.30. The molecule has 1 aromatic carbocycles. The molecule has 1 atom stereocenters. The number of fused-ring (bicyclic) bond motifs is 1. The Balaban J connectivity index is 1.90. The van der Waals surface area contributed by atoms with Crippen LogP contribution < -0.4 is 22.1 Å². The molecular weight excluding hydrogens is 372 g/mol. The Morgan fingerprint density at radius 1 is 1.14 bits per heavy atom. The number of nitriles is 2. The van der Waals surface area contributed by atoms with Gasteiger partial charge in [-0.2, -0.15) is 10.5 Å². The van der Waals surface area contributed by atoms with Crippen molar-refractivity contribution < 1.29 is 9.47 Å². The summed E-state index contributed by atoms with van der Waals surface area (Å²) in [5.74, 6) is 0.527. The molecule has 3 heterocycles. The number of ether oxygens (including phenoxy) is 2. The third-order valence-corrected chi connectivity index (χ3v) is 4.73. The van der Waals surface area contributed by atoms with Gasteiger partial charge in [-0.1, -0.05) is 24.3 Å². The number of nitrogens with zero attached hydrogens (tertiary/aromatic N) is 4. The topological polar surface area (TPSA) is 167 Å². The van der Waals surface area contributed by atoms with Gasteiger partial charge in [0.15, 0.2) is 12.5 Å². The average Bonchev–Trinajstić information content (AvgIpc) is 2.74. The molecule has 0 spiro atoms. The molecule has 2 aliphatic rings. The van der Waals surface area contributed by atoms with Crippen LogP contribution in [0.2, 0.25) is 0 Å². The molecule has 10 heteroatoms. The maximum Gasteiger partial charge on any atom is 0.211 e. The summed E-state index contributed by atoms with van der Waals surface area (Å²) in [7, 11) is 0. The molecule has 2 aliphatic heterocycles. The number of guanidine groups is 1. The van der Waals surface area contributed by atoms with Crippen LogP contribution in [0.3, 0.4) is 0 Å². The van der Waals surface area contributed by atoms with Gasteiger partial charge in [-0.05, 0) is 12.0 Å². The summed E-state index contributed by atoms with van der Waals surface area (Å²) in [4.78, 5) is 8.86. The van der Waals surface area contributed by atoms with Crippen molar-refractivity contribution in [1.29, 1.82) is 10.5 Å². The van der Waals surface area contributed by atoms with E-state index in [1.54, 1.807) is 0 Å². The molecule has 0 bridgehead atoms. The summed E-state index contributed by atoms with van der Waals surface area (Å²) in [5.41, 5.74) is 14.5. The third kappa shape index (κ3) is 3.27. The molecule has 0 amide bonds. The Morgan fingerprint density at radius 2 is 1.86 bits per heavy atom. The van der Waals surface area contributed by atoms with E-state index >= 15 is 0 Å². The first-order valence-electron chi connectivity index (χ1n) is 8.95. The van der Waals surface area contributed by atoms with E-state index in [0.29, 0.717) is 24.6 Å². The molecule has 6 N–H and O–H groups in total. The average molecular weight is 390 g/mol. The lowest BCUT2D eigenvalue weighted by Crippen LogP contribution is -2.33. The second kappa shape index (κ2) is 7.64. The number of rotatable bonds is 2. The van der Waals surface area contributed by atoms with E-state index < -0.39 is 12.3 Å². The molecule has 4 rings (SSSR count). The summed E-state index contributed by atoms with van der Waals surface area (Å²) < 4.78 is 11.6. The van der Waals surface area contributed by atoms with Crippen LogP contribution in [0.15, 0.2) is 29.3 Å². The molecule has 0 aliphatic carbocycles. The van der Waals surface area contributed by atoms with Crippen molar-refractivity contribution in [2.24, 2.45) is 4.99 Å². The number of nitrogens with two attached hydrogens (primary N) is 2. The summed E-state index contributed by atoms with van der Waals surface area (Å²) in [5, 5.41) is 23.9. The Kier molecular flexibility index (Phi) is 4.87. The van der Waals surface area contributed by atoms with Crippen LogP contribution in [0, 0.1) is 22.8 Å². The molecular formula is C19H18N8O2. The highest BCUT2D eigenvalue weighted by Gasteiger charge is 2.32. The van der Waals surface area contributed by atoms with Crippen LogP contribution in [0.25, 0.3) is 0 Å². The maximum atomic E-state index is 9.45. The molecule has 146 valence electrons. The largest absolute Gasteiger partial charge is 0.397 e. The monoisotopic (exact) mass is 390 g/mol. The quantitative estimate of drug-likeness (QED) is 0.438. The van der Waals surface area contributed by atoms with E-state index in [4.69, 9.17) is 26.2 Å². The minimum atomic E-state index is -0.646. The van der Waals surface area contributed by atoms with Crippen LogP contribution in [0.4, 0.5) is 17.3 Å². The zero-order chi connectivity index (χ0) is 20.4. The predicted molar refractivity (Wildman–Crippen MR) is 105 cm³/mol. The Morgan fingerprint density at radius 3 is 2.55 bits per heavy atom. The second-order valence-corrected chi connectivity index (χ2v) is 6.46. The van der Waals surface area contributed by atoms with E-state index in [-0.39, 0.29) is 23.0 Å². The first-order valence-corrected chi connectivity index (χ1v) is 8.95. The Bertz CT molecular complexity index is 1060. The molecule has 1 fully saturated rings. The molecule has 10 nitrogen and oxygen atoms in total. The summed E-state index contributed by atoms with van der Waals surface area (Å²) in [6.45, 7) is 1.18. The van der Waals surface area contributed by atoms with Gasteiger partial charge in [-0.15, -0.1) is 0 Å². The van der Waals surface area contributed by atoms with Gasteiger partial charge >= 0.3 is 0 Å². The number of aromatic nitrogens is 1. The molecule has 1 unspecified atom stereocenters. The normalized spacial score (nSPS) is 18.6. The van der Waals surface area contributed by atoms with Crippen LogP contribution >= 0.6 is 0 Å². The van der Waals surface area contributed by atoms with E-state index in [1.807, 2.05) is 36.5 Å². The number of nitrogen functional groups attached to an aromatic ring is 2. The smallest absolute Gasteiger partial charge is 0.211 e. The first kappa shape index (κ1) is 18.5. The first-order chi connectivity index (χ1) is 14.1. The highest BCUT2D eigenvalue weighted by atomic mass is 16.7. The van der Waals surface area contributed by atoms with Crippen molar-refractivity contribution in [3.63, 3.8) is 0 Å². The fraction of sp³-hybridized carbons (Fsp3) is 0.263. The van der Waals surface area contributed by atoms with Gasteiger partial charge in [0.1, 0.15) is 29.3 Å². The molecule has 29 heavy (non-hydrogen) atoms. The predicted octanol–water partition coefficient (Wildman–Crippen LogP) is 1.49. The zero-order valence-corrected chi connectivity index (χ0v) is 15.3. The van der Waals surface area contributed by atoms with E-state index in [2.05, 4.69) is 20.6 Å². The van der Waals surface area contributed by atoms with Crippen LogP contribution in [-0.2, 0) is 9.47 Å². The van der Waals surface area contributed by atoms with Gasteiger partial charge in [0.25, 0.3) is 0 Å². The lowest BCUT2D eigenvalue weighted by atomic mass is 9.91. The molecule has 0 radical (unpaired) electrons. The Hall–Kier alpha value is -3.86. The fourth-order valence-corrected chi connectivity index (χ4v) is 3.45. The van der Waals surface area contributed by atoms with Gasteiger partial charge < -0.3 is 26.3 Å². The number of anilines is 3. The zero-order valence-electron chi connectivity index (χ0n) is 15.3. The van der Waals surface area contributed by atoms with Gasteiger partial charge in [-0.3, -0.25) is 5.32 Å². The third-order valence-electron chi connectivity index (χ3n) is 4.73. The molecule has 1 aromatic heterocycles. The van der Waals surface area contributed by atoms with Crippen molar-refractivity contribution in [2.75, 3.05) is 30.0 Å². The van der Waals surface area contributed by atoms with Crippen molar-refractivity contribution in [3.8, 4) is 12.3 Å². The van der Waals surface area contributed by atoms with Crippen LogP contribution in [0.5, 0.6) is 0 Å². The summed E-state index contributed by atoms with van der Waals surface area (Å²) >= 11 is 0. The number of benzene rings is 1. The molecule has 1 saturated heterocycles. The van der Waals surface area contributed by atoms with E-state index in [1.165, 1.54) is 0 Å². The van der Waals surface area contributed by atoms with Crippen LogP contribution in [-0.4, -0.2) is 24.2 Å². The number of hydrogen-bond acceptors (Lipinski definition) is 10. The second-order valence-electron chi connectivity index (χ2n) is 6.46. The standard InChI is InChI=1S/C19H18N8O2/c20-8-12-14(22)13-15(25-19(24-9-21)27-17(13)26-16(12)23)10-4-1-2-5-11(10)18-28-6-3-7-29-18/h1-2,4-5,15,18H,3,6-7H2,(H6,22,23,24,25,26,27). The van der Waals surface area contributed by atoms with Crippen molar-refractivity contribution in [2.45, 2.75) is 18.8 Å². The summed E-state index contributed by atoms with van der Waals surface area (Å²) in [6, 6.07) is 8.87. The van der Waals surface area contributed by atoms with Crippen molar-refractivity contribution in [1.82, 2.24) is 10.3 Å². The van der Waals surface area contributed by atoms with Gasteiger partial charge in [0, 0.05) is 11.1 Å². The lowest BCUT2D eigenvalue weighted by molar-refractivity contribution is -0.183. The number of pyridine rings is 1. The van der Waals surface area contributed by atoms with Gasteiger partial charge in [0.2, 0.25) is 5.96 Å². The molecule has 0 saturated carbocycles. The maximum absolute atomic E-state index is 9.45. The highest BCUT2D eigenvalue weighted by Crippen LogP contribution is 2.43. The van der Waals surface area contributed by atoms with E-state index in [9.17, 15) is 5.26 Å². The number of hydrogen-bond donors (Lipinski definition) is 4. The van der Waals surface area contributed by atoms with Gasteiger partial charge in [-0.25, -0.2) is 9.98 Å². The van der Waals surface area contributed by atoms with Crippen LogP contribution in [0.1, 0.15) is 41.0 Å². The van der Waals surface area contributed by atoms with E-state index in [0.717, 1.165) is 17.5 Å². The minimum Gasteiger partial charge on any atom is -0.397 e. The van der Waals surface area contributed by atoms with Crippen molar-refractivity contribution in [3.05, 3.63) is 46.5 Å². The number of aliphatic imine (C=N–C) groups is 1. The van der Waals surface area contributed by atoms with Gasteiger partial charge in [0.05, 0.1) is 18.9 Å². The number of nitrogens with one attached hydrogen (secondary N) is 2. The minimum absolute atomic E-state index is 0.000407. The summed E-state index contributed by atoms with van der Waals surface area (Å²) in [6.07, 6.45) is 2.12. The Labute approximate surface area is 166 Å². The van der Waals surface area contributed by atoms with Crippen molar-refractivity contribution >= 4 is 23.3 Å². The fourth-order valence-electron chi connectivity index (χ4n) is 3.45. The highest BCUT2D eigenvalue weighted by molar-refractivity contribution is 5.98.